The lowest BCUT2D eigenvalue weighted by molar-refractivity contribution is -0.130. The maximum absolute atomic E-state index is 12.4. The van der Waals surface area contributed by atoms with Crippen molar-refractivity contribution in [3.63, 3.8) is 0 Å². The molecule has 1 aromatic rings. The van der Waals surface area contributed by atoms with Gasteiger partial charge >= 0.3 is 0 Å². The maximum Gasteiger partial charge on any atom is 0.227 e. The van der Waals surface area contributed by atoms with Crippen LogP contribution in [0.4, 0.5) is 0 Å². The fraction of sp³-hybridized carbons (Fsp3) is 0.562. The smallest absolute Gasteiger partial charge is 0.227 e. The van der Waals surface area contributed by atoms with E-state index < -0.39 is 0 Å². The predicted octanol–water partition coefficient (Wildman–Crippen LogP) is 1.93. The van der Waals surface area contributed by atoms with E-state index in [1.165, 1.54) is 6.42 Å². The van der Waals surface area contributed by atoms with Crippen LogP contribution in [0.3, 0.4) is 0 Å². The first kappa shape index (κ1) is 14.9. The molecule has 2 rings (SSSR count). The minimum atomic E-state index is 0.145. The molecule has 0 radical (unpaired) electrons. The Hall–Kier alpha value is -1.55. The molecule has 2 N–H and O–H groups in total. The van der Waals surface area contributed by atoms with Crippen molar-refractivity contribution in [2.24, 2.45) is 0 Å². The Morgan fingerprint density at radius 1 is 1.50 bits per heavy atom. The minimum absolute atomic E-state index is 0.145. The number of carbonyl (C=O) groups excluding carboxylic acids is 1. The molecular formula is C16H24N2O2. The Balaban J connectivity index is 1.95. The molecule has 4 heteroatoms. The minimum Gasteiger partial charge on any atom is -0.508 e. The number of rotatable bonds is 6. The van der Waals surface area contributed by atoms with Crippen LogP contribution in [0.15, 0.2) is 24.3 Å². The Bertz CT molecular complexity index is 442. The van der Waals surface area contributed by atoms with Crippen LogP contribution in [0.25, 0.3) is 0 Å². The van der Waals surface area contributed by atoms with E-state index in [0.717, 1.165) is 38.0 Å². The molecule has 1 atom stereocenters. The summed E-state index contributed by atoms with van der Waals surface area (Å²) in [6, 6.07) is 7.39. The van der Waals surface area contributed by atoms with Gasteiger partial charge in [0.05, 0.1) is 6.42 Å². The Kier molecular flexibility index (Phi) is 5.41. The fourth-order valence-electron chi connectivity index (χ4n) is 2.72. The molecule has 1 aliphatic heterocycles. The fourth-order valence-corrected chi connectivity index (χ4v) is 2.72. The molecule has 0 aromatic heterocycles. The third-order valence-electron chi connectivity index (χ3n) is 3.72. The molecule has 20 heavy (non-hydrogen) atoms. The molecule has 1 fully saturated rings. The van der Waals surface area contributed by atoms with Crippen LogP contribution in [0.2, 0.25) is 0 Å². The van der Waals surface area contributed by atoms with Crippen LogP contribution in [0, 0.1) is 0 Å². The Labute approximate surface area is 120 Å². The van der Waals surface area contributed by atoms with Gasteiger partial charge in [0.15, 0.2) is 0 Å². The highest BCUT2D eigenvalue weighted by atomic mass is 16.3. The number of nitrogens with one attached hydrogen (secondary N) is 1. The van der Waals surface area contributed by atoms with Crippen LogP contribution in [-0.4, -0.2) is 41.6 Å². The normalized spacial score (nSPS) is 18.1. The zero-order chi connectivity index (χ0) is 14.4. The summed E-state index contributed by atoms with van der Waals surface area (Å²) in [6.45, 7) is 4.75. The number of carbonyl (C=O) groups is 1. The highest BCUT2D eigenvalue weighted by molar-refractivity contribution is 5.79. The van der Waals surface area contributed by atoms with E-state index in [1.807, 2.05) is 11.0 Å². The molecule has 110 valence electrons. The number of hydrogen-bond donors (Lipinski definition) is 2. The van der Waals surface area contributed by atoms with E-state index in [4.69, 9.17) is 0 Å². The second-order valence-electron chi connectivity index (χ2n) is 5.48. The van der Waals surface area contributed by atoms with Crippen molar-refractivity contribution < 1.29 is 9.90 Å². The summed E-state index contributed by atoms with van der Waals surface area (Å²) < 4.78 is 0. The van der Waals surface area contributed by atoms with E-state index in [0.29, 0.717) is 12.5 Å². The van der Waals surface area contributed by atoms with Gasteiger partial charge in [-0.1, -0.05) is 19.1 Å². The molecule has 1 amide bonds. The van der Waals surface area contributed by atoms with Crippen LogP contribution < -0.4 is 5.32 Å². The molecule has 1 aromatic carbocycles. The van der Waals surface area contributed by atoms with Crippen LogP contribution in [0.1, 0.15) is 31.7 Å². The van der Waals surface area contributed by atoms with Crippen LogP contribution >= 0.6 is 0 Å². The lowest BCUT2D eigenvalue weighted by Crippen LogP contribution is -2.42. The zero-order valence-corrected chi connectivity index (χ0v) is 12.1. The number of phenolic OH excluding ortho intramolecular Hbond substituents is 1. The summed E-state index contributed by atoms with van der Waals surface area (Å²) in [5.41, 5.74) is 0.871. The van der Waals surface area contributed by atoms with Crippen molar-refractivity contribution in [2.75, 3.05) is 19.6 Å². The molecule has 1 unspecified atom stereocenters. The summed E-state index contributed by atoms with van der Waals surface area (Å²) in [5.74, 6) is 0.362. The van der Waals surface area contributed by atoms with Gasteiger partial charge < -0.3 is 15.3 Å². The first-order chi connectivity index (χ1) is 9.69. The third-order valence-corrected chi connectivity index (χ3v) is 3.72. The largest absolute Gasteiger partial charge is 0.508 e. The van der Waals surface area contributed by atoms with Gasteiger partial charge in [0, 0.05) is 19.1 Å². The second kappa shape index (κ2) is 7.29. The number of hydrogen-bond acceptors (Lipinski definition) is 3. The second-order valence-corrected chi connectivity index (χ2v) is 5.48. The van der Waals surface area contributed by atoms with Gasteiger partial charge in [-0.2, -0.15) is 0 Å². The van der Waals surface area contributed by atoms with Crippen molar-refractivity contribution in [3.8, 4) is 5.75 Å². The molecular weight excluding hydrogens is 252 g/mol. The Morgan fingerprint density at radius 2 is 2.35 bits per heavy atom. The van der Waals surface area contributed by atoms with E-state index in [2.05, 4.69) is 12.2 Å². The van der Waals surface area contributed by atoms with Gasteiger partial charge in [-0.3, -0.25) is 4.79 Å². The molecule has 0 spiro atoms. The number of nitrogens with zero attached hydrogens (tertiary/aromatic N) is 1. The van der Waals surface area contributed by atoms with Crippen molar-refractivity contribution in [1.82, 2.24) is 10.2 Å². The van der Waals surface area contributed by atoms with Crippen molar-refractivity contribution in [1.29, 1.82) is 0 Å². The summed E-state index contributed by atoms with van der Waals surface area (Å²) in [7, 11) is 0. The number of aromatic hydroxyl groups is 1. The zero-order valence-electron chi connectivity index (χ0n) is 12.1. The SMILES string of the molecule is CCCN(CC1CCCN1)C(=O)Cc1cccc(O)c1. The lowest BCUT2D eigenvalue weighted by atomic mass is 10.1. The number of phenols is 1. The quantitative estimate of drug-likeness (QED) is 0.834. The predicted molar refractivity (Wildman–Crippen MR) is 79.7 cm³/mol. The summed E-state index contributed by atoms with van der Waals surface area (Å²) in [5, 5.41) is 12.9. The topological polar surface area (TPSA) is 52.6 Å². The first-order valence-electron chi connectivity index (χ1n) is 7.48. The van der Waals surface area contributed by atoms with Crippen molar-refractivity contribution in [2.45, 2.75) is 38.6 Å². The van der Waals surface area contributed by atoms with E-state index in [1.54, 1.807) is 18.2 Å². The van der Waals surface area contributed by atoms with Gasteiger partial charge in [-0.15, -0.1) is 0 Å². The van der Waals surface area contributed by atoms with E-state index >= 15 is 0 Å². The van der Waals surface area contributed by atoms with Crippen molar-refractivity contribution >= 4 is 5.91 Å². The third kappa shape index (κ3) is 4.23. The van der Waals surface area contributed by atoms with Gasteiger partial charge in [0.1, 0.15) is 5.75 Å². The van der Waals surface area contributed by atoms with Crippen LogP contribution in [-0.2, 0) is 11.2 Å². The van der Waals surface area contributed by atoms with Gasteiger partial charge in [-0.05, 0) is 43.5 Å². The van der Waals surface area contributed by atoms with E-state index in [-0.39, 0.29) is 11.7 Å². The average Bonchev–Trinajstić information content (AvgIpc) is 2.91. The number of benzene rings is 1. The summed E-state index contributed by atoms with van der Waals surface area (Å²) in [4.78, 5) is 14.4. The molecule has 0 aliphatic carbocycles. The molecule has 0 bridgehead atoms. The van der Waals surface area contributed by atoms with Crippen molar-refractivity contribution in [3.05, 3.63) is 29.8 Å². The highest BCUT2D eigenvalue weighted by Gasteiger charge is 2.21. The summed E-state index contributed by atoms with van der Waals surface area (Å²) in [6.07, 6.45) is 3.69. The van der Waals surface area contributed by atoms with Gasteiger partial charge in [0.2, 0.25) is 5.91 Å². The molecule has 1 aliphatic rings. The highest BCUT2D eigenvalue weighted by Crippen LogP contribution is 2.13. The first-order valence-corrected chi connectivity index (χ1v) is 7.48. The molecule has 1 saturated heterocycles. The van der Waals surface area contributed by atoms with Crippen LogP contribution in [0.5, 0.6) is 5.75 Å². The molecule has 4 nitrogen and oxygen atoms in total. The summed E-state index contributed by atoms with van der Waals surface area (Å²) >= 11 is 0. The lowest BCUT2D eigenvalue weighted by Gasteiger charge is -2.25. The monoisotopic (exact) mass is 276 g/mol. The maximum atomic E-state index is 12.4. The standard InChI is InChI=1S/C16H24N2O2/c1-2-9-18(12-14-6-4-8-17-14)16(20)11-13-5-3-7-15(19)10-13/h3,5,7,10,14,17,19H,2,4,6,8-9,11-12H2,1H3. The molecule has 0 saturated carbocycles. The molecule has 1 heterocycles. The average molecular weight is 276 g/mol. The van der Waals surface area contributed by atoms with E-state index in [9.17, 15) is 9.90 Å². The van der Waals surface area contributed by atoms with Gasteiger partial charge in [0.25, 0.3) is 0 Å². The van der Waals surface area contributed by atoms with Gasteiger partial charge in [-0.25, -0.2) is 0 Å². The Morgan fingerprint density at radius 3 is 3.00 bits per heavy atom. The number of amides is 1.